The number of carbonyl (C=O) groups excluding carboxylic acids is 1. The van der Waals surface area contributed by atoms with E-state index < -0.39 is 0 Å². The van der Waals surface area contributed by atoms with Crippen LogP contribution in [0, 0.1) is 6.92 Å². The summed E-state index contributed by atoms with van der Waals surface area (Å²) < 4.78 is 1.89. The number of amides is 1. The quantitative estimate of drug-likeness (QED) is 0.781. The molecule has 0 bridgehead atoms. The summed E-state index contributed by atoms with van der Waals surface area (Å²) >= 11 is 0. The van der Waals surface area contributed by atoms with E-state index in [1.165, 1.54) is 0 Å². The Bertz CT molecular complexity index is 882. The number of fused-ring (bicyclic) bond motifs is 1. The number of para-hydroxylation sites is 1. The van der Waals surface area contributed by atoms with Crippen molar-refractivity contribution in [2.45, 2.75) is 33.7 Å². The van der Waals surface area contributed by atoms with Crippen LogP contribution in [0.1, 0.15) is 36.3 Å². The number of nitrogens with one attached hydrogen (secondary N) is 1. The van der Waals surface area contributed by atoms with Crippen molar-refractivity contribution in [3.8, 4) is 11.3 Å². The van der Waals surface area contributed by atoms with Crippen molar-refractivity contribution < 1.29 is 4.79 Å². The van der Waals surface area contributed by atoms with Gasteiger partial charge in [-0.25, -0.2) is 4.98 Å². The zero-order chi connectivity index (χ0) is 17.1. The molecule has 0 saturated heterocycles. The van der Waals surface area contributed by atoms with Gasteiger partial charge in [0.2, 0.25) is 0 Å². The van der Waals surface area contributed by atoms with Gasteiger partial charge >= 0.3 is 0 Å². The van der Waals surface area contributed by atoms with Crippen LogP contribution in [-0.2, 0) is 6.54 Å². The smallest absolute Gasteiger partial charge is 0.252 e. The zero-order valence-corrected chi connectivity index (χ0v) is 14.3. The number of carbonyl (C=O) groups is 1. The average Bonchev–Trinajstić information content (AvgIpc) is 2.99. The lowest BCUT2D eigenvalue weighted by molar-refractivity contribution is 0.0955. The van der Waals surface area contributed by atoms with E-state index in [2.05, 4.69) is 10.4 Å². The molecular formula is C19H22N4O. The number of hydrogen-bond acceptors (Lipinski definition) is 3. The Morgan fingerprint density at radius 1 is 1.25 bits per heavy atom. The maximum atomic E-state index is 12.6. The Hall–Kier alpha value is -2.69. The van der Waals surface area contributed by atoms with E-state index >= 15 is 0 Å². The molecule has 0 aliphatic carbocycles. The van der Waals surface area contributed by atoms with E-state index in [1.807, 2.05) is 62.0 Å². The summed E-state index contributed by atoms with van der Waals surface area (Å²) in [5.41, 5.74) is 4.15. The minimum Gasteiger partial charge on any atom is -0.352 e. The van der Waals surface area contributed by atoms with Gasteiger partial charge in [-0.1, -0.05) is 25.1 Å². The zero-order valence-electron chi connectivity index (χ0n) is 14.3. The van der Waals surface area contributed by atoms with Gasteiger partial charge in [0.1, 0.15) is 0 Å². The van der Waals surface area contributed by atoms with Gasteiger partial charge in [-0.05, 0) is 32.4 Å². The number of aromatic nitrogens is 3. The molecule has 2 heterocycles. The first-order chi connectivity index (χ1) is 11.6. The predicted octanol–water partition coefficient (Wildman–Crippen LogP) is 3.57. The van der Waals surface area contributed by atoms with Crippen molar-refractivity contribution in [2.24, 2.45) is 0 Å². The van der Waals surface area contributed by atoms with Gasteiger partial charge in [0.15, 0.2) is 0 Å². The molecule has 3 rings (SSSR count). The molecule has 1 N–H and O–H groups in total. The van der Waals surface area contributed by atoms with Gasteiger partial charge in [0.25, 0.3) is 5.91 Å². The summed E-state index contributed by atoms with van der Waals surface area (Å²) in [4.78, 5) is 17.3. The molecule has 0 fully saturated rings. The van der Waals surface area contributed by atoms with Gasteiger partial charge in [-0.3, -0.25) is 9.48 Å². The molecule has 5 nitrogen and oxygen atoms in total. The molecular weight excluding hydrogens is 300 g/mol. The molecule has 3 aromatic rings. The van der Waals surface area contributed by atoms with Gasteiger partial charge in [0.05, 0.1) is 22.5 Å². The molecule has 0 atom stereocenters. The second kappa shape index (κ2) is 6.83. The fraction of sp³-hybridized carbons (Fsp3) is 0.316. The lowest BCUT2D eigenvalue weighted by Gasteiger charge is -2.09. The van der Waals surface area contributed by atoms with Crippen LogP contribution in [-0.4, -0.2) is 27.2 Å². The van der Waals surface area contributed by atoms with Crippen LogP contribution >= 0.6 is 0 Å². The summed E-state index contributed by atoms with van der Waals surface area (Å²) in [5, 5.41) is 8.32. The molecule has 0 radical (unpaired) electrons. The number of aryl methyl sites for hydroxylation is 2. The molecule has 0 saturated carbocycles. The van der Waals surface area contributed by atoms with E-state index in [9.17, 15) is 4.79 Å². The summed E-state index contributed by atoms with van der Waals surface area (Å²) in [6.45, 7) is 7.53. The van der Waals surface area contributed by atoms with Crippen LogP contribution in [0.5, 0.6) is 0 Å². The van der Waals surface area contributed by atoms with E-state index in [-0.39, 0.29) is 5.91 Å². The highest BCUT2D eigenvalue weighted by atomic mass is 16.1. The van der Waals surface area contributed by atoms with Crippen molar-refractivity contribution in [2.75, 3.05) is 6.54 Å². The van der Waals surface area contributed by atoms with Crippen LogP contribution in [0.25, 0.3) is 22.2 Å². The molecule has 5 heteroatoms. The number of rotatable bonds is 5. The molecule has 124 valence electrons. The maximum Gasteiger partial charge on any atom is 0.252 e. The highest BCUT2D eigenvalue weighted by Crippen LogP contribution is 2.26. The monoisotopic (exact) mass is 322 g/mol. The number of benzene rings is 1. The predicted molar refractivity (Wildman–Crippen MR) is 96.0 cm³/mol. The van der Waals surface area contributed by atoms with Gasteiger partial charge in [-0.15, -0.1) is 0 Å². The van der Waals surface area contributed by atoms with Crippen LogP contribution < -0.4 is 5.32 Å². The van der Waals surface area contributed by atoms with Crippen molar-refractivity contribution >= 4 is 16.8 Å². The highest BCUT2D eigenvalue weighted by molar-refractivity contribution is 6.07. The summed E-state index contributed by atoms with van der Waals surface area (Å²) in [5.74, 6) is -0.0581. The number of nitrogens with zero attached hydrogens (tertiary/aromatic N) is 3. The SMILES string of the molecule is CCCNC(=O)c1cc(-c2cn(CC)nc2C)nc2ccccc12. The van der Waals surface area contributed by atoms with Crippen molar-refractivity contribution in [1.82, 2.24) is 20.1 Å². The minimum absolute atomic E-state index is 0.0581. The van der Waals surface area contributed by atoms with Gasteiger partial charge in [-0.2, -0.15) is 5.10 Å². The first kappa shape index (κ1) is 16.2. The second-order valence-electron chi connectivity index (χ2n) is 5.81. The van der Waals surface area contributed by atoms with Crippen LogP contribution in [0.2, 0.25) is 0 Å². The topological polar surface area (TPSA) is 59.8 Å². The summed E-state index contributed by atoms with van der Waals surface area (Å²) in [6, 6.07) is 9.62. The molecule has 2 aromatic heterocycles. The Balaban J connectivity index is 2.15. The number of pyridine rings is 1. The van der Waals surface area contributed by atoms with E-state index in [1.54, 1.807) is 0 Å². The van der Waals surface area contributed by atoms with E-state index in [0.29, 0.717) is 12.1 Å². The van der Waals surface area contributed by atoms with Gasteiger partial charge in [0, 0.05) is 30.2 Å². The largest absolute Gasteiger partial charge is 0.352 e. The Morgan fingerprint density at radius 2 is 2.04 bits per heavy atom. The molecule has 0 unspecified atom stereocenters. The third-order valence-electron chi connectivity index (χ3n) is 4.04. The number of hydrogen-bond donors (Lipinski definition) is 1. The van der Waals surface area contributed by atoms with Crippen molar-refractivity contribution in [3.63, 3.8) is 0 Å². The standard InChI is InChI=1S/C19H22N4O/c1-4-10-20-19(24)15-11-18(16-12-23(5-2)22-13(16)3)21-17-9-7-6-8-14(15)17/h6-9,11-12H,4-5,10H2,1-3H3,(H,20,24). The Kier molecular flexibility index (Phi) is 4.60. The molecule has 1 amide bonds. The summed E-state index contributed by atoms with van der Waals surface area (Å²) in [6.07, 6.45) is 2.89. The second-order valence-corrected chi connectivity index (χ2v) is 5.81. The first-order valence-electron chi connectivity index (χ1n) is 8.36. The van der Waals surface area contributed by atoms with E-state index in [0.717, 1.165) is 40.8 Å². The normalized spacial score (nSPS) is 11.0. The van der Waals surface area contributed by atoms with Crippen LogP contribution in [0.3, 0.4) is 0 Å². The molecule has 1 aromatic carbocycles. The fourth-order valence-electron chi connectivity index (χ4n) is 2.77. The fourth-order valence-corrected chi connectivity index (χ4v) is 2.77. The van der Waals surface area contributed by atoms with E-state index in [4.69, 9.17) is 4.98 Å². The third kappa shape index (κ3) is 3.02. The Morgan fingerprint density at radius 3 is 2.75 bits per heavy atom. The van der Waals surface area contributed by atoms with Crippen molar-refractivity contribution in [3.05, 3.63) is 47.8 Å². The van der Waals surface area contributed by atoms with Crippen LogP contribution in [0.4, 0.5) is 0 Å². The summed E-state index contributed by atoms with van der Waals surface area (Å²) in [7, 11) is 0. The lowest BCUT2D eigenvalue weighted by Crippen LogP contribution is -2.24. The van der Waals surface area contributed by atoms with Crippen LogP contribution in [0.15, 0.2) is 36.5 Å². The third-order valence-corrected chi connectivity index (χ3v) is 4.04. The molecule has 0 aliphatic rings. The van der Waals surface area contributed by atoms with Gasteiger partial charge < -0.3 is 5.32 Å². The first-order valence-corrected chi connectivity index (χ1v) is 8.36. The minimum atomic E-state index is -0.0581. The average molecular weight is 322 g/mol. The van der Waals surface area contributed by atoms with Crippen molar-refractivity contribution in [1.29, 1.82) is 0 Å². The lowest BCUT2D eigenvalue weighted by atomic mass is 10.0. The highest BCUT2D eigenvalue weighted by Gasteiger charge is 2.15. The molecule has 0 aliphatic heterocycles. The maximum absolute atomic E-state index is 12.6. The molecule has 24 heavy (non-hydrogen) atoms. The molecule has 0 spiro atoms. The Labute approximate surface area is 141 Å².